The molecular formula is C23H23F2N3O3S. The number of nitrogens with zero attached hydrogens (tertiary/aromatic N) is 2. The third-order valence-electron chi connectivity index (χ3n) is 5.79. The maximum Gasteiger partial charge on any atom is 0.387 e. The number of aromatic nitrogens is 1. The van der Waals surface area contributed by atoms with Gasteiger partial charge in [-0.2, -0.15) is 14.0 Å². The summed E-state index contributed by atoms with van der Waals surface area (Å²) in [5.41, 5.74) is 3.03. The number of benzene rings is 2. The van der Waals surface area contributed by atoms with Gasteiger partial charge in [-0.1, -0.05) is 12.1 Å². The van der Waals surface area contributed by atoms with Gasteiger partial charge in [0.25, 0.3) is 0 Å². The highest BCUT2D eigenvalue weighted by Crippen LogP contribution is 2.43. The SMILES string of the molecule is CC(C)S(=O)(=O)Nc1ccc(-c2c(C#N)c3cc(OC(F)F)ccc3n2C2CCC2)cc1. The summed E-state index contributed by atoms with van der Waals surface area (Å²) in [4.78, 5) is 0. The van der Waals surface area contributed by atoms with Gasteiger partial charge in [0, 0.05) is 17.1 Å². The van der Waals surface area contributed by atoms with Crippen LogP contribution in [0, 0.1) is 11.3 Å². The second-order valence-electron chi connectivity index (χ2n) is 8.12. The highest BCUT2D eigenvalue weighted by molar-refractivity contribution is 7.93. The zero-order valence-corrected chi connectivity index (χ0v) is 18.5. The van der Waals surface area contributed by atoms with Crippen LogP contribution in [0.25, 0.3) is 22.2 Å². The Balaban J connectivity index is 1.83. The average Bonchev–Trinajstić information content (AvgIpc) is 3.00. The van der Waals surface area contributed by atoms with Gasteiger partial charge in [0.1, 0.15) is 11.8 Å². The summed E-state index contributed by atoms with van der Waals surface area (Å²) >= 11 is 0. The molecule has 0 unspecified atom stereocenters. The molecule has 0 saturated heterocycles. The van der Waals surface area contributed by atoms with Gasteiger partial charge in [0.15, 0.2) is 0 Å². The molecule has 6 nitrogen and oxygen atoms in total. The summed E-state index contributed by atoms with van der Waals surface area (Å²) in [6.45, 7) is 0.242. The fourth-order valence-electron chi connectivity index (χ4n) is 3.87. The van der Waals surface area contributed by atoms with Gasteiger partial charge in [0.2, 0.25) is 10.0 Å². The number of fused-ring (bicyclic) bond motifs is 1. The number of halogens is 2. The Bertz CT molecular complexity index is 1290. The van der Waals surface area contributed by atoms with Gasteiger partial charge >= 0.3 is 6.61 Å². The van der Waals surface area contributed by atoms with Crippen LogP contribution in [-0.4, -0.2) is 24.8 Å². The van der Waals surface area contributed by atoms with Crippen LogP contribution in [0.15, 0.2) is 42.5 Å². The molecule has 32 heavy (non-hydrogen) atoms. The van der Waals surface area contributed by atoms with Crippen molar-refractivity contribution in [1.82, 2.24) is 4.57 Å². The summed E-state index contributed by atoms with van der Waals surface area (Å²) in [5.74, 6) is -0.000232. The molecule has 0 atom stereocenters. The maximum absolute atomic E-state index is 12.7. The topological polar surface area (TPSA) is 84.1 Å². The molecule has 1 aromatic heterocycles. The predicted octanol–water partition coefficient (Wildman–Crippen LogP) is 5.66. The Kier molecular flexibility index (Phi) is 5.82. The second-order valence-corrected chi connectivity index (χ2v) is 10.4. The molecule has 0 radical (unpaired) electrons. The van der Waals surface area contributed by atoms with Crippen molar-refractivity contribution >= 4 is 26.6 Å². The Hall–Kier alpha value is -3.12. The number of hydrogen-bond donors (Lipinski definition) is 1. The molecule has 1 N–H and O–H groups in total. The van der Waals surface area contributed by atoms with Crippen molar-refractivity contribution in [2.45, 2.75) is 51.0 Å². The van der Waals surface area contributed by atoms with Gasteiger partial charge in [-0.25, -0.2) is 8.42 Å². The number of alkyl halides is 2. The van der Waals surface area contributed by atoms with Gasteiger partial charge in [-0.15, -0.1) is 0 Å². The van der Waals surface area contributed by atoms with Crippen molar-refractivity contribution in [2.75, 3.05) is 4.72 Å². The lowest BCUT2D eigenvalue weighted by Gasteiger charge is -2.30. The Morgan fingerprint density at radius 2 is 1.84 bits per heavy atom. The van der Waals surface area contributed by atoms with E-state index in [9.17, 15) is 22.5 Å². The van der Waals surface area contributed by atoms with E-state index in [4.69, 9.17) is 0 Å². The van der Waals surface area contributed by atoms with Gasteiger partial charge in [0.05, 0.1) is 22.0 Å². The van der Waals surface area contributed by atoms with Crippen molar-refractivity contribution in [2.24, 2.45) is 0 Å². The van der Waals surface area contributed by atoms with E-state index in [1.54, 1.807) is 44.2 Å². The Labute approximate surface area is 185 Å². The van der Waals surface area contributed by atoms with E-state index < -0.39 is 21.9 Å². The number of sulfonamides is 1. The number of rotatable bonds is 7. The molecule has 1 heterocycles. The van der Waals surface area contributed by atoms with Gasteiger partial charge in [-0.3, -0.25) is 4.72 Å². The van der Waals surface area contributed by atoms with Crippen molar-refractivity contribution in [3.8, 4) is 23.1 Å². The first kappa shape index (κ1) is 22.1. The van der Waals surface area contributed by atoms with Crippen LogP contribution in [0.1, 0.15) is 44.7 Å². The zero-order chi connectivity index (χ0) is 23.0. The third-order valence-corrected chi connectivity index (χ3v) is 7.55. The first-order valence-electron chi connectivity index (χ1n) is 10.4. The molecule has 2 aromatic carbocycles. The van der Waals surface area contributed by atoms with E-state index in [1.807, 2.05) is 0 Å². The highest BCUT2D eigenvalue weighted by atomic mass is 32.2. The highest BCUT2D eigenvalue weighted by Gasteiger charge is 2.28. The fraction of sp³-hybridized carbons (Fsp3) is 0.348. The quantitative estimate of drug-likeness (QED) is 0.494. The molecular weight excluding hydrogens is 436 g/mol. The van der Waals surface area contributed by atoms with E-state index in [1.165, 1.54) is 12.1 Å². The van der Waals surface area contributed by atoms with Crippen molar-refractivity contribution in [3.05, 3.63) is 48.0 Å². The molecule has 0 amide bonds. The van der Waals surface area contributed by atoms with E-state index in [0.717, 1.165) is 30.3 Å². The Morgan fingerprint density at radius 1 is 1.16 bits per heavy atom. The van der Waals surface area contributed by atoms with Gasteiger partial charge < -0.3 is 9.30 Å². The molecule has 4 rings (SSSR count). The summed E-state index contributed by atoms with van der Waals surface area (Å²) in [5, 5.41) is 9.94. The average molecular weight is 460 g/mol. The largest absolute Gasteiger partial charge is 0.435 e. The van der Waals surface area contributed by atoms with Crippen LogP contribution in [0.5, 0.6) is 5.75 Å². The second kappa shape index (κ2) is 8.43. The smallest absolute Gasteiger partial charge is 0.387 e. The number of ether oxygens (including phenoxy) is 1. The summed E-state index contributed by atoms with van der Waals surface area (Å²) < 4.78 is 58.9. The fourth-order valence-corrected chi connectivity index (χ4v) is 4.57. The van der Waals surface area contributed by atoms with Crippen molar-refractivity contribution < 1.29 is 21.9 Å². The maximum atomic E-state index is 12.7. The molecule has 9 heteroatoms. The molecule has 0 spiro atoms. The van der Waals surface area contributed by atoms with E-state index in [0.29, 0.717) is 22.3 Å². The van der Waals surface area contributed by atoms with Crippen LogP contribution < -0.4 is 9.46 Å². The normalized spacial score (nSPS) is 14.5. The van der Waals surface area contributed by atoms with Crippen molar-refractivity contribution in [3.63, 3.8) is 0 Å². The van der Waals surface area contributed by atoms with Crippen LogP contribution in [0.4, 0.5) is 14.5 Å². The number of nitrogens with one attached hydrogen (secondary N) is 1. The third kappa shape index (κ3) is 4.02. The summed E-state index contributed by atoms with van der Waals surface area (Å²) in [6.07, 6.45) is 3.00. The minimum absolute atomic E-state index is 0.000232. The standard InChI is InChI=1S/C23H23F2N3O3S/c1-14(2)32(29,30)27-16-8-6-15(7-9-16)22-20(13-26)19-12-18(31-23(24)25)10-11-21(19)28(22)17-4-3-5-17/h6-12,14,17,23,27H,3-5H2,1-2H3. The number of anilines is 1. The molecule has 1 fully saturated rings. The minimum Gasteiger partial charge on any atom is -0.435 e. The first-order valence-corrected chi connectivity index (χ1v) is 11.9. The molecule has 3 aromatic rings. The number of nitriles is 1. The molecule has 1 saturated carbocycles. The molecule has 1 aliphatic carbocycles. The predicted molar refractivity (Wildman–Crippen MR) is 119 cm³/mol. The lowest BCUT2D eigenvalue weighted by Crippen LogP contribution is -2.22. The summed E-state index contributed by atoms with van der Waals surface area (Å²) in [6, 6.07) is 13.9. The van der Waals surface area contributed by atoms with Crippen LogP contribution in [0.2, 0.25) is 0 Å². The van der Waals surface area contributed by atoms with E-state index >= 15 is 0 Å². The van der Waals surface area contributed by atoms with Crippen LogP contribution >= 0.6 is 0 Å². The first-order chi connectivity index (χ1) is 15.2. The van der Waals surface area contributed by atoms with Crippen LogP contribution in [0.3, 0.4) is 0 Å². The molecule has 0 bridgehead atoms. The molecule has 168 valence electrons. The van der Waals surface area contributed by atoms with Crippen LogP contribution in [-0.2, 0) is 10.0 Å². The van der Waals surface area contributed by atoms with E-state index in [2.05, 4.69) is 20.1 Å². The number of hydrogen-bond acceptors (Lipinski definition) is 4. The zero-order valence-electron chi connectivity index (χ0n) is 17.7. The Morgan fingerprint density at radius 3 is 2.38 bits per heavy atom. The lowest BCUT2D eigenvalue weighted by molar-refractivity contribution is -0.0497. The lowest BCUT2D eigenvalue weighted by atomic mass is 9.92. The van der Waals surface area contributed by atoms with E-state index in [-0.39, 0.29) is 11.8 Å². The van der Waals surface area contributed by atoms with Gasteiger partial charge in [-0.05, 0) is 69.0 Å². The molecule has 1 aliphatic rings. The minimum atomic E-state index is -3.48. The van der Waals surface area contributed by atoms with Crippen molar-refractivity contribution in [1.29, 1.82) is 5.26 Å². The molecule has 0 aliphatic heterocycles. The monoisotopic (exact) mass is 459 g/mol. The summed E-state index contributed by atoms with van der Waals surface area (Å²) in [7, 11) is -3.48.